The summed E-state index contributed by atoms with van der Waals surface area (Å²) in [6.45, 7) is 0. The summed E-state index contributed by atoms with van der Waals surface area (Å²) in [7, 11) is 0. The molecule has 0 amide bonds. The van der Waals surface area contributed by atoms with Crippen LogP contribution in [0.5, 0.6) is 5.75 Å². The third-order valence-corrected chi connectivity index (χ3v) is 5.70. The van der Waals surface area contributed by atoms with E-state index in [0.717, 1.165) is 5.39 Å². The maximum Gasteiger partial charge on any atom is 0.280 e. The fourth-order valence-electron chi connectivity index (χ4n) is 4.53. The van der Waals surface area contributed by atoms with Crippen LogP contribution in [0.25, 0.3) is 21.9 Å². The predicted molar refractivity (Wildman–Crippen MR) is 103 cm³/mol. The van der Waals surface area contributed by atoms with E-state index in [-0.39, 0.29) is 16.8 Å². The maximum atomic E-state index is 13.5. The van der Waals surface area contributed by atoms with Gasteiger partial charge in [0, 0.05) is 28.0 Å². The van der Waals surface area contributed by atoms with Crippen LogP contribution >= 0.6 is 0 Å². The van der Waals surface area contributed by atoms with Crippen LogP contribution in [0, 0.1) is 10.1 Å². The van der Waals surface area contributed by atoms with E-state index in [0.29, 0.717) is 27.9 Å². The van der Waals surface area contributed by atoms with Gasteiger partial charge in [-0.1, -0.05) is 30.3 Å². The first-order valence-electron chi connectivity index (χ1n) is 9.03. The van der Waals surface area contributed by atoms with E-state index in [1.54, 1.807) is 12.1 Å². The van der Waals surface area contributed by atoms with Gasteiger partial charge in [-0.25, -0.2) is 0 Å². The molecule has 0 fully saturated rings. The molecule has 6 rings (SSSR count). The van der Waals surface area contributed by atoms with Gasteiger partial charge >= 0.3 is 0 Å². The highest BCUT2D eigenvalue weighted by atomic mass is 16.6. The molecule has 1 aliphatic heterocycles. The molecule has 0 saturated heterocycles. The van der Waals surface area contributed by atoms with Gasteiger partial charge in [0.25, 0.3) is 5.69 Å². The van der Waals surface area contributed by atoms with Crippen LogP contribution < -0.4 is 4.74 Å². The van der Waals surface area contributed by atoms with E-state index in [1.165, 1.54) is 18.2 Å². The quantitative estimate of drug-likeness (QED) is 0.355. The van der Waals surface area contributed by atoms with Gasteiger partial charge in [0.2, 0.25) is 5.78 Å². The number of fused-ring (bicyclic) bond motifs is 8. The Labute approximate surface area is 162 Å². The second-order valence-electron chi connectivity index (χ2n) is 7.15. The number of rotatable bonds is 1. The van der Waals surface area contributed by atoms with Crippen molar-refractivity contribution in [2.45, 2.75) is 12.0 Å². The molecule has 1 aromatic heterocycles. The van der Waals surface area contributed by atoms with E-state index in [9.17, 15) is 19.7 Å². The van der Waals surface area contributed by atoms with Gasteiger partial charge < -0.3 is 9.15 Å². The number of carbonyl (C=O) groups excluding carboxylic acids is 2. The number of hydrogen-bond donors (Lipinski definition) is 0. The zero-order valence-corrected chi connectivity index (χ0v) is 14.7. The predicted octanol–water partition coefficient (Wildman–Crippen LogP) is 4.42. The number of furan rings is 1. The number of nitro benzene ring substituents is 1. The van der Waals surface area contributed by atoms with Crippen LogP contribution in [0.4, 0.5) is 5.69 Å². The fraction of sp³-hybridized carbons (Fsp3) is 0.0909. The van der Waals surface area contributed by atoms with E-state index >= 15 is 0 Å². The summed E-state index contributed by atoms with van der Waals surface area (Å²) >= 11 is 0. The minimum Gasteiger partial charge on any atom is -0.481 e. The number of nitrogens with zero attached hydrogens (tertiary/aromatic N) is 1. The molecule has 7 nitrogen and oxygen atoms in total. The molecular weight excluding hydrogens is 374 g/mol. The van der Waals surface area contributed by atoms with E-state index in [4.69, 9.17) is 9.15 Å². The summed E-state index contributed by atoms with van der Waals surface area (Å²) in [6.07, 6.45) is -1.04. The number of ether oxygens (including phenoxy) is 1. The van der Waals surface area contributed by atoms with Crippen molar-refractivity contribution < 1.29 is 23.7 Å². The molecule has 2 aliphatic rings. The van der Waals surface area contributed by atoms with Crippen molar-refractivity contribution in [1.82, 2.24) is 0 Å². The molecule has 140 valence electrons. The summed E-state index contributed by atoms with van der Waals surface area (Å²) in [5.74, 6) is -1.43. The lowest BCUT2D eigenvalue weighted by Crippen LogP contribution is -2.39. The van der Waals surface area contributed by atoms with Crippen molar-refractivity contribution in [3.8, 4) is 5.75 Å². The maximum absolute atomic E-state index is 13.5. The minimum absolute atomic E-state index is 0.0338. The summed E-state index contributed by atoms with van der Waals surface area (Å²) in [4.78, 5) is 37.4. The van der Waals surface area contributed by atoms with Gasteiger partial charge in [-0.05, 0) is 18.2 Å². The Kier molecular flexibility index (Phi) is 2.92. The molecule has 1 aliphatic carbocycles. The lowest BCUT2D eigenvalue weighted by Gasteiger charge is -2.24. The normalized spacial score (nSPS) is 19.7. The van der Waals surface area contributed by atoms with Crippen molar-refractivity contribution in [3.05, 3.63) is 81.4 Å². The molecule has 0 saturated carbocycles. The summed E-state index contributed by atoms with van der Waals surface area (Å²) in [5, 5.41) is 13.0. The molecule has 3 aromatic carbocycles. The van der Waals surface area contributed by atoms with E-state index in [1.807, 2.05) is 24.3 Å². The number of para-hydroxylation sites is 1. The van der Waals surface area contributed by atoms with Crippen LogP contribution in [0.2, 0.25) is 0 Å². The molecule has 29 heavy (non-hydrogen) atoms. The molecule has 4 aromatic rings. The SMILES string of the molecule is O=C1c2cccc([N+](=O)[O-])c2C(=O)C2c3c(ccc4oc5ccccc5c34)OC12. The number of ketones is 2. The van der Waals surface area contributed by atoms with Crippen molar-refractivity contribution in [2.75, 3.05) is 0 Å². The zero-order valence-electron chi connectivity index (χ0n) is 14.7. The zero-order chi connectivity index (χ0) is 19.9. The molecule has 2 atom stereocenters. The molecule has 2 unspecified atom stereocenters. The third-order valence-electron chi connectivity index (χ3n) is 5.70. The standard InChI is InChI=1S/C22H11NO6/c24-20-11-5-3-6-12(23(26)27)16(11)21(25)19-18-15(29-22(19)20)9-8-14-17(18)10-4-1-2-7-13(10)28-14/h1-9,19,22H. The average molecular weight is 385 g/mol. The average Bonchev–Trinajstić information content (AvgIpc) is 3.29. The monoisotopic (exact) mass is 385 g/mol. The second-order valence-corrected chi connectivity index (χ2v) is 7.15. The van der Waals surface area contributed by atoms with E-state index in [2.05, 4.69) is 0 Å². The summed E-state index contributed by atoms with van der Waals surface area (Å²) in [5.41, 5.74) is 1.30. The molecule has 0 N–H and O–H groups in total. The first-order chi connectivity index (χ1) is 14.1. The molecule has 0 spiro atoms. The Bertz CT molecular complexity index is 1420. The smallest absolute Gasteiger partial charge is 0.280 e. The Hall–Kier alpha value is -4.00. The van der Waals surface area contributed by atoms with Gasteiger partial charge in [0.1, 0.15) is 22.5 Å². The number of carbonyl (C=O) groups is 2. The Balaban J connectivity index is 1.68. The van der Waals surface area contributed by atoms with Gasteiger partial charge in [0.15, 0.2) is 11.9 Å². The van der Waals surface area contributed by atoms with E-state index < -0.39 is 28.5 Å². The van der Waals surface area contributed by atoms with Gasteiger partial charge in [-0.3, -0.25) is 19.7 Å². The minimum atomic E-state index is -1.04. The lowest BCUT2D eigenvalue weighted by atomic mass is 9.76. The van der Waals surface area contributed by atoms with Gasteiger partial charge in [-0.2, -0.15) is 0 Å². The molecule has 7 heteroatoms. The van der Waals surface area contributed by atoms with Crippen molar-refractivity contribution in [3.63, 3.8) is 0 Å². The number of Topliss-reactive ketones (excluding diaryl/α,β-unsaturated/α-hetero) is 2. The highest BCUT2D eigenvalue weighted by Gasteiger charge is 2.52. The fourth-order valence-corrected chi connectivity index (χ4v) is 4.53. The lowest BCUT2D eigenvalue weighted by molar-refractivity contribution is -0.385. The van der Waals surface area contributed by atoms with Crippen molar-refractivity contribution in [1.29, 1.82) is 0 Å². The van der Waals surface area contributed by atoms with Crippen LogP contribution in [-0.4, -0.2) is 22.6 Å². The van der Waals surface area contributed by atoms with Crippen LogP contribution in [0.15, 0.2) is 59.0 Å². The molecule has 0 radical (unpaired) electrons. The first-order valence-corrected chi connectivity index (χ1v) is 9.03. The first kappa shape index (κ1) is 16.0. The van der Waals surface area contributed by atoms with Gasteiger partial charge in [-0.15, -0.1) is 0 Å². The molecular formula is C22H11NO6. The molecule has 0 bridgehead atoms. The number of nitro groups is 1. The second kappa shape index (κ2) is 5.29. The largest absolute Gasteiger partial charge is 0.481 e. The Morgan fingerprint density at radius 3 is 2.55 bits per heavy atom. The number of hydrogen-bond acceptors (Lipinski definition) is 6. The Morgan fingerprint density at radius 1 is 0.897 bits per heavy atom. The van der Waals surface area contributed by atoms with Crippen LogP contribution in [0.3, 0.4) is 0 Å². The van der Waals surface area contributed by atoms with Crippen molar-refractivity contribution in [2.24, 2.45) is 0 Å². The highest BCUT2D eigenvalue weighted by molar-refractivity contribution is 6.23. The van der Waals surface area contributed by atoms with Crippen LogP contribution in [-0.2, 0) is 0 Å². The topological polar surface area (TPSA) is 99.7 Å². The van der Waals surface area contributed by atoms with Gasteiger partial charge in [0.05, 0.1) is 10.8 Å². The van der Waals surface area contributed by atoms with Crippen molar-refractivity contribution >= 4 is 39.2 Å². The van der Waals surface area contributed by atoms with Crippen LogP contribution in [0.1, 0.15) is 32.2 Å². The summed E-state index contributed by atoms with van der Waals surface area (Å²) in [6, 6.07) is 14.9. The number of benzene rings is 3. The Morgan fingerprint density at radius 2 is 1.72 bits per heavy atom. The highest BCUT2D eigenvalue weighted by Crippen LogP contribution is 2.50. The molecule has 2 heterocycles. The third kappa shape index (κ3) is 1.91. The summed E-state index contributed by atoms with van der Waals surface area (Å²) < 4.78 is 11.8.